The molecule has 0 bridgehead atoms. The number of aromatic nitrogens is 3. The number of amides is 1. The van der Waals surface area contributed by atoms with Crippen LogP contribution >= 0.6 is 12.2 Å². The fraction of sp³-hybridized carbons (Fsp3) is 0.400. The van der Waals surface area contributed by atoms with Crippen LogP contribution in [0.3, 0.4) is 0 Å². The first kappa shape index (κ1) is 15.7. The van der Waals surface area contributed by atoms with E-state index in [4.69, 9.17) is 21.7 Å². The van der Waals surface area contributed by atoms with E-state index in [9.17, 15) is 4.79 Å². The maximum absolute atomic E-state index is 12.4. The number of methoxy groups -OCH3 is 1. The summed E-state index contributed by atoms with van der Waals surface area (Å²) >= 11 is 5.27. The molecule has 23 heavy (non-hydrogen) atoms. The predicted octanol–water partition coefficient (Wildman–Crippen LogP) is 1.48. The lowest BCUT2D eigenvalue weighted by Gasteiger charge is -2.27. The molecule has 0 atom stereocenters. The first-order valence-corrected chi connectivity index (χ1v) is 7.75. The molecule has 122 valence electrons. The van der Waals surface area contributed by atoms with E-state index in [0.717, 1.165) is 11.3 Å². The zero-order chi connectivity index (χ0) is 16.2. The molecule has 3 rings (SSSR count). The smallest absolute Gasteiger partial charge is 0.242 e. The van der Waals surface area contributed by atoms with E-state index < -0.39 is 0 Å². The number of hydrogen-bond acceptors (Lipinski definition) is 5. The zero-order valence-corrected chi connectivity index (χ0v) is 13.6. The molecule has 1 aromatic carbocycles. The van der Waals surface area contributed by atoms with Crippen LogP contribution in [0.1, 0.15) is 0 Å². The molecule has 1 fully saturated rings. The molecule has 1 aliphatic rings. The third-order valence-electron chi connectivity index (χ3n) is 3.76. The van der Waals surface area contributed by atoms with E-state index in [1.807, 2.05) is 24.3 Å². The molecule has 2 aromatic rings. The summed E-state index contributed by atoms with van der Waals surface area (Å²) in [6, 6.07) is 7.47. The van der Waals surface area contributed by atoms with Crippen molar-refractivity contribution < 1.29 is 14.3 Å². The molecule has 0 unspecified atom stereocenters. The molecule has 0 spiro atoms. The van der Waals surface area contributed by atoms with Gasteiger partial charge in [-0.05, 0) is 36.5 Å². The lowest BCUT2D eigenvalue weighted by Crippen LogP contribution is -2.42. The average Bonchev–Trinajstić information content (AvgIpc) is 2.96. The van der Waals surface area contributed by atoms with Gasteiger partial charge >= 0.3 is 0 Å². The number of rotatable bonds is 4. The zero-order valence-electron chi connectivity index (χ0n) is 12.8. The highest BCUT2D eigenvalue weighted by atomic mass is 32.1. The summed E-state index contributed by atoms with van der Waals surface area (Å²) in [4.78, 5) is 14.2. The fourth-order valence-corrected chi connectivity index (χ4v) is 2.67. The molecule has 1 N–H and O–H groups in total. The van der Waals surface area contributed by atoms with E-state index in [1.165, 1.54) is 0 Å². The maximum Gasteiger partial charge on any atom is 0.242 e. The normalized spacial score (nSPS) is 14.7. The summed E-state index contributed by atoms with van der Waals surface area (Å²) in [5.41, 5.74) is 0.868. The van der Waals surface area contributed by atoms with Gasteiger partial charge in [0.05, 0.1) is 20.3 Å². The number of nitrogens with one attached hydrogen (secondary N) is 1. The molecule has 0 aliphatic carbocycles. The number of carbonyl (C=O) groups excluding carboxylic acids is 1. The van der Waals surface area contributed by atoms with Crippen LogP contribution in [0.2, 0.25) is 0 Å². The second-order valence-corrected chi connectivity index (χ2v) is 5.55. The molecule has 1 aromatic heterocycles. The summed E-state index contributed by atoms with van der Waals surface area (Å²) in [6.45, 7) is 2.54. The summed E-state index contributed by atoms with van der Waals surface area (Å²) in [5.74, 6) is 1.42. The second-order valence-electron chi connectivity index (χ2n) is 5.16. The molecule has 0 radical (unpaired) electrons. The van der Waals surface area contributed by atoms with Crippen molar-refractivity contribution in [1.82, 2.24) is 19.7 Å². The van der Waals surface area contributed by atoms with Gasteiger partial charge in [0.2, 0.25) is 5.91 Å². The van der Waals surface area contributed by atoms with Crippen molar-refractivity contribution in [3.63, 3.8) is 0 Å². The highest BCUT2D eigenvalue weighted by molar-refractivity contribution is 7.71. The van der Waals surface area contributed by atoms with E-state index in [1.54, 1.807) is 16.6 Å². The Kier molecular flexibility index (Phi) is 4.73. The lowest BCUT2D eigenvalue weighted by molar-refractivity contribution is -0.135. The van der Waals surface area contributed by atoms with E-state index >= 15 is 0 Å². The Labute approximate surface area is 138 Å². The Morgan fingerprint density at radius 1 is 1.35 bits per heavy atom. The van der Waals surface area contributed by atoms with Crippen molar-refractivity contribution in [2.75, 3.05) is 33.4 Å². The van der Waals surface area contributed by atoms with Crippen LogP contribution < -0.4 is 4.74 Å². The van der Waals surface area contributed by atoms with Crippen LogP contribution in [0.4, 0.5) is 0 Å². The van der Waals surface area contributed by atoms with E-state index in [2.05, 4.69) is 10.2 Å². The molecule has 1 amide bonds. The minimum atomic E-state index is 0.0144. The number of aromatic amines is 1. The van der Waals surface area contributed by atoms with Crippen molar-refractivity contribution in [2.45, 2.75) is 6.54 Å². The van der Waals surface area contributed by atoms with Gasteiger partial charge in [0, 0.05) is 18.7 Å². The van der Waals surface area contributed by atoms with Gasteiger partial charge in [0.1, 0.15) is 12.3 Å². The van der Waals surface area contributed by atoms with Crippen LogP contribution in [0.15, 0.2) is 24.3 Å². The number of hydrogen-bond donors (Lipinski definition) is 1. The van der Waals surface area contributed by atoms with Gasteiger partial charge in [-0.2, -0.15) is 5.10 Å². The Bertz CT molecular complexity index is 732. The van der Waals surface area contributed by atoms with Crippen molar-refractivity contribution in [3.8, 4) is 17.1 Å². The lowest BCUT2D eigenvalue weighted by atomic mass is 10.2. The van der Waals surface area contributed by atoms with Crippen molar-refractivity contribution in [3.05, 3.63) is 29.0 Å². The van der Waals surface area contributed by atoms with Crippen LogP contribution in [-0.2, 0) is 16.1 Å². The van der Waals surface area contributed by atoms with Crippen molar-refractivity contribution in [1.29, 1.82) is 0 Å². The quantitative estimate of drug-likeness (QED) is 0.858. The summed E-state index contributed by atoms with van der Waals surface area (Å²) in [5, 5.41) is 7.01. The Morgan fingerprint density at radius 2 is 2.04 bits per heavy atom. The number of carbonyl (C=O) groups is 1. The molecule has 8 heteroatoms. The first-order valence-electron chi connectivity index (χ1n) is 7.34. The first-order chi connectivity index (χ1) is 11.2. The number of benzene rings is 1. The van der Waals surface area contributed by atoms with Crippen molar-refractivity contribution in [2.24, 2.45) is 0 Å². The van der Waals surface area contributed by atoms with Gasteiger partial charge in [-0.1, -0.05) is 0 Å². The standard InChI is InChI=1S/C15H18N4O3S/c1-21-12-4-2-11(3-5-12)14-16-17-15(23)19(14)10-13(20)18-6-8-22-9-7-18/h2-5H,6-10H2,1H3,(H,17,23). The van der Waals surface area contributed by atoms with Crippen LogP contribution in [0.5, 0.6) is 5.75 Å². The minimum absolute atomic E-state index is 0.0144. The number of nitrogens with zero attached hydrogens (tertiary/aromatic N) is 3. The number of ether oxygens (including phenoxy) is 2. The third kappa shape index (κ3) is 3.43. The summed E-state index contributed by atoms with van der Waals surface area (Å²) < 4.78 is 12.6. The van der Waals surface area contributed by atoms with Gasteiger partial charge in [0.25, 0.3) is 0 Å². The Hall–Kier alpha value is -2.19. The fourth-order valence-electron chi connectivity index (χ4n) is 2.47. The Morgan fingerprint density at radius 3 is 2.70 bits per heavy atom. The Balaban J connectivity index is 1.83. The number of H-pyrrole nitrogens is 1. The van der Waals surface area contributed by atoms with E-state index in [-0.39, 0.29) is 12.5 Å². The third-order valence-corrected chi connectivity index (χ3v) is 4.08. The molecule has 1 aliphatic heterocycles. The maximum atomic E-state index is 12.4. The van der Waals surface area contributed by atoms with Gasteiger partial charge < -0.3 is 14.4 Å². The van der Waals surface area contributed by atoms with E-state index in [0.29, 0.717) is 36.9 Å². The summed E-state index contributed by atoms with van der Waals surface area (Å²) in [7, 11) is 1.62. The largest absolute Gasteiger partial charge is 0.497 e. The topological polar surface area (TPSA) is 72.4 Å². The highest BCUT2D eigenvalue weighted by Crippen LogP contribution is 2.21. The minimum Gasteiger partial charge on any atom is -0.497 e. The summed E-state index contributed by atoms with van der Waals surface area (Å²) in [6.07, 6.45) is 0. The van der Waals surface area contributed by atoms with Crippen LogP contribution in [-0.4, -0.2) is 59.0 Å². The van der Waals surface area contributed by atoms with Crippen LogP contribution in [0.25, 0.3) is 11.4 Å². The van der Waals surface area contributed by atoms with Gasteiger partial charge in [-0.3, -0.25) is 14.5 Å². The highest BCUT2D eigenvalue weighted by Gasteiger charge is 2.19. The molecule has 7 nitrogen and oxygen atoms in total. The molecule has 0 saturated carbocycles. The molecular weight excluding hydrogens is 316 g/mol. The van der Waals surface area contributed by atoms with Gasteiger partial charge in [-0.25, -0.2) is 0 Å². The number of morpholine rings is 1. The van der Waals surface area contributed by atoms with Gasteiger partial charge in [-0.15, -0.1) is 0 Å². The monoisotopic (exact) mass is 334 g/mol. The van der Waals surface area contributed by atoms with Gasteiger partial charge in [0.15, 0.2) is 10.6 Å². The second kappa shape index (κ2) is 6.93. The average molecular weight is 334 g/mol. The van der Waals surface area contributed by atoms with Crippen LogP contribution in [0, 0.1) is 4.77 Å². The predicted molar refractivity (Wildman–Crippen MR) is 86.8 cm³/mol. The molecule has 1 saturated heterocycles. The molecule has 2 heterocycles. The van der Waals surface area contributed by atoms with Crippen molar-refractivity contribution >= 4 is 18.1 Å². The molecular formula is C15H18N4O3S. The SMILES string of the molecule is COc1ccc(-c2n[nH]c(=S)n2CC(=O)N2CCOCC2)cc1.